The van der Waals surface area contributed by atoms with Crippen molar-refractivity contribution in [3.63, 3.8) is 0 Å². The Morgan fingerprint density at radius 3 is 2.48 bits per heavy atom. The number of ether oxygens (including phenoxy) is 1. The van der Waals surface area contributed by atoms with Crippen LogP contribution in [-0.4, -0.2) is 47.0 Å². The minimum absolute atomic E-state index is 0.0799. The lowest BCUT2D eigenvalue weighted by atomic mass is 9.91. The topological polar surface area (TPSA) is 79.3 Å². The van der Waals surface area contributed by atoms with E-state index in [1.807, 2.05) is 13.8 Å². The molecule has 0 aliphatic carbocycles. The second kappa shape index (κ2) is 7.04. The van der Waals surface area contributed by atoms with Crippen molar-refractivity contribution in [3.8, 4) is 0 Å². The second-order valence-corrected chi connectivity index (χ2v) is 5.70. The van der Waals surface area contributed by atoms with Crippen molar-refractivity contribution in [2.24, 2.45) is 0 Å². The van der Waals surface area contributed by atoms with Crippen LogP contribution in [0.3, 0.4) is 0 Å². The number of rotatable bonds is 6. The number of aliphatic hydroxyl groups excluding tert-OH is 1. The molecule has 118 valence electrons. The highest BCUT2D eigenvalue weighted by atomic mass is 16.5. The number of aromatic nitrogens is 2. The van der Waals surface area contributed by atoms with Gasteiger partial charge < -0.3 is 20.5 Å². The van der Waals surface area contributed by atoms with Gasteiger partial charge in [0.1, 0.15) is 17.5 Å². The van der Waals surface area contributed by atoms with Gasteiger partial charge in [-0.15, -0.1) is 0 Å². The first-order valence-corrected chi connectivity index (χ1v) is 7.66. The van der Waals surface area contributed by atoms with Gasteiger partial charge in [-0.3, -0.25) is 0 Å². The van der Waals surface area contributed by atoms with Gasteiger partial charge in [0.25, 0.3) is 0 Å². The molecule has 0 saturated carbocycles. The van der Waals surface area contributed by atoms with Crippen molar-refractivity contribution in [3.05, 3.63) is 11.4 Å². The highest BCUT2D eigenvalue weighted by molar-refractivity contribution is 5.58. The lowest BCUT2D eigenvalue weighted by Gasteiger charge is -2.37. The van der Waals surface area contributed by atoms with Crippen LogP contribution in [0.2, 0.25) is 0 Å². The highest BCUT2D eigenvalue weighted by Gasteiger charge is 2.33. The maximum absolute atomic E-state index is 9.80. The Morgan fingerprint density at radius 2 is 1.86 bits per heavy atom. The average molecular weight is 294 g/mol. The number of anilines is 2. The maximum atomic E-state index is 9.80. The van der Waals surface area contributed by atoms with Crippen molar-refractivity contribution in [1.82, 2.24) is 9.97 Å². The zero-order valence-electron chi connectivity index (χ0n) is 13.2. The molecule has 0 spiro atoms. The van der Waals surface area contributed by atoms with Crippen LogP contribution < -0.4 is 10.6 Å². The van der Waals surface area contributed by atoms with Crippen LogP contribution in [-0.2, 0) is 4.74 Å². The number of aliphatic hydroxyl groups is 1. The summed E-state index contributed by atoms with van der Waals surface area (Å²) in [7, 11) is 0. The standard InChI is InChI=1S/C15H26N4O2/c1-4-7-16-13-11(2)14(18-12(3)17-13)19-15(10-20)5-8-21-9-6-15/h20H,4-10H2,1-3H3,(H2,16,17,18,19). The third kappa shape index (κ3) is 3.83. The van der Waals surface area contributed by atoms with Crippen LogP contribution in [0.25, 0.3) is 0 Å². The van der Waals surface area contributed by atoms with Crippen LogP contribution >= 0.6 is 0 Å². The predicted octanol–water partition coefficient (Wildman–Crippen LogP) is 1.87. The molecule has 2 rings (SSSR count). The van der Waals surface area contributed by atoms with Gasteiger partial charge in [0.05, 0.1) is 12.1 Å². The first-order valence-electron chi connectivity index (χ1n) is 7.66. The molecule has 0 aromatic carbocycles. The van der Waals surface area contributed by atoms with Crippen molar-refractivity contribution < 1.29 is 9.84 Å². The zero-order valence-corrected chi connectivity index (χ0v) is 13.2. The van der Waals surface area contributed by atoms with Crippen LogP contribution in [0.15, 0.2) is 0 Å². The molecule has 1 aromatic heterocycles. The van der Waals surface area contributed by atoms with E-state index in [1.54, 1.807) is 0 Å². The molecule has 1 aliphatic rings. The Balaban J connectivity index is 2.23. The van der Waals surface area contributed by atoms with Crippen molar-refractivity contribution >= 4 is 11.6 Å². The number of hydrogen-bond acceptors (Lipinski definition) is 6. The number of nitrogens with one attached hydrogen (secondary N) is 2. The molecule has 3 N–H and O–H groups in total. The van der Waals surface area contributed by atoms with Crippen molar-refractivity contribution in [2.45, 2.75) is 45.6 Å². The molecule has 0 bridgehead atoms. The predicted molar refractivity (Wildman–Crippen MR) is 83.8 cm³/mol. The van der Waals surface area contributed by atoms with Gasteiger partial charge in [0.15, 0.2) is 0 Å². The van der Waals surface area contributed by atoms with E-state index in [0.717, 1.165) is 48.8 Å². The van der Waals surface area contributed by atoms with E-state index in [1.165, 1.54) is 0 Å². The number of hydrogen-bond donors (Lipinski definition) is 3. The quantitative estimate of drug-likeness (QED) is 0.743. The largest absolute Gasteiger partial charge is 0.394 e. The smallest absolute Gasteiger partial charge is 0.135 e. The fourth-order valence-corrected chi connectivity index (χ4v) is 2.50. The van der Waals surface area contributed by atoms with Crippen LogP contribution in [0.5, 0.6) is 0 Å². The summed E-state index contributed by atoms with van der Waals surface area (Å²) in [5.41, 5.74) is 0.652. The summed E-state index contributed by atoms with van der Waals surface area (Å²) in [5, 5.41) is 16.6. The molecule has 0 radical (unpaired) electrons. The summed E-state index contributed by atoms with van der Waals surface area (Å²) in [6.45, 7) is 8.31. The van der Waals surface area contributed by atoms with E-state index in [2.05, 4.69) is 27.5 Å². The summed E-state index contributed by atoms with van der Waals surface area (Å²) < 4.78 is 5.40. The van der Waals surface area contributed by atoms with Gasteiger partial charge in [-0.05, 0) is 33.1 Å². The van der Waals surface area contributed by atoms with Gasteiger partial charge in [0, 0.05) is 25.3 Å². The van der Waals surface area contributed by atoms with E-state index in [9.17, 15) is 5.11 Å². The Morgan fingerprint density at radius 1 is 1.19 bits per heavy atom. The van der Waals surface area contributed by atoms with Gasteiger partial charge in [-0.1, -0.05) is 6.92 Å². The molecule has 6 heteroatoms. The Hall–Kier alpha value is -1.40. The summed E-state index contributed by atoms with van der Waals surface area (Å²) >= 11 is 0. The third-order valence-electron chi connectivity index (χ3n) is 3.94. The molecular formula is C15H26N4O2. The van der Waals surface area contributed by atoms with E-state index < -0.39 is 0 Å². The normalized spacial score (nSPS) is 17.5. The zero-order chi connectivity index (χ0) is 15.3. The molecule has 0 atom stereocenters. The molecule has 2 heterocycles. The lowest BCUT2D eigenvalue weighted by molar-refractivity contribution is 0.0378. The lowest BCUT2D eigenvalue weighted by Crippen LogP contribution is -2.47. The minimum atomic E-state index is -0.341. The van der Waals surface area contributed by atoms with Gasteiger partial charge >= 0.3 is 0 Å². The fraction of sp³-hybridized carbons (Fsp3) is 0.733. The summed E-state index contributed by atoms with van der Waals surface area (Å²) in [4.78, 5) is 8.98. The van der Waals surface area contributed by atoms with Gasteiger partial charge in [0.2, 0.25) is 0 Å². The van der Waals surface area contributed by atoms with E-state index in [4.69, 9.17) is 4.74 Å². The molecule has 1 saturated heterocycles. The Kier molecular flexibility index (Phi) is 5.36. The molecular weight excluding hydrogens is 268 g/mol. The summed E-state index contributed by atoms with van der Waals surface area (Å²) in [6.07, 6.45) is 2.61. The Bertz CT molecular complexity index is 473. The molecule has 0 unspecified atom stereocenters. The van der Waals surface area contributed by atoms with E-state index in [-0.39, 0.29) is 12.1 Å². The molecule has 6 nitrogen and oxygen atoms in total. The number of nitrogens with zero attached hydrogens (tertiary/aromatic N) is 2. The summed E-state index contributed by atoms with van der Waals surface area (Å²) in [5.74, 6) is 2.39. The van der Waals surface area contributed by atoms with Crippen molar-refractivity contribution in [2.75, 3.05) is 37.0 Å². The highest BCUT2D eigenvalue weighted by Crippen LogP contribution is 2.28. The Labute approximate surface area is 126 Å². The molecule has 21 heavy (non-hydrogen) atoms. The first-order chi connectivity index (χ1) is 10.1. The monoisotopic (exact) mass is 294 g/mol. The minimum Gasteiger partial charge on any atom is -0.394 e. The molecule has 1 aliphatic heterocycles. The summed E-state index contributed by atoms with van der Waals surface area (Å²) in [6, 6.07) is 0. The van der Waals surface area contributed by atoms with Gasteiger partial charge in [-0.2, -0.15) is 0 Å². The molecule has 0 amide bonds. The first kappa shape index (κ1) is 16.0. The van der Waals surface area contributed by atoms with E-state index in [0.29, 0.717) is 13.2 Å². The number of aryl methyl sites for hydroxylation is 1. The average Bonchev–Trinajstić information content (AvgIpc) is 2.50. The van der Waals surface area contributed by atoms with Crippen LogP contribution in [0, 0.1) is 13.8 Å². The molecule has 1 fully saturated rings. The maximum Gasteiger partial charge on any atom is 0.135 e. The fourth-order valence-electron chi connectivity index (χ4n) is 2.50. The SMILES string of the molecule is CCCNc1nc(C)nc(NC2(CO)CCOCC2)c1C. The van der Waals surface area contributed by atoms with Gasteiger partial charge in [-0.25, -0.2) is 9.97 Å². The van der Waals surface area contributed by atoms with Crippen molar-refractivity contribution in [1.29, 1.82) is 0 Å². The van der Waals surface area contributed by atoms with E-state index >= 15 is 0 Å². The molecule has 1 aromatic rings. The van der Waals surface area contributed by atoms with Crippen LogP contribution in [0.4, 0.5) is 11.6 Å². The third-order valence-corrected chi connectivity index (χ3v) is 3.94. The second-order valence-electron chi connectivity index (χ2n) is 5.70. The van der Waals surface area contributed by atoms with Crippen LogP contribution in [0.1, 0.15) is 37.6 Å².